The monoisotopic (exact) mass is 407 g/mol. The number of hydrogen-bond donors (Lipinski definition) is 2. The molecule has 7 heteroatoms. The SMILES string of the molecule is Cc1ccc(N=C2NC(=O)[C@@H](CC(=O)Nc3cccc4ccccc34)S2)cc1F. The van der Waals surface area contributed by atoms with Crippen LogP contribution in [0.25, 0.3) is 10.8 Å². The minimum absolute atomic E-state index is 0.0149. The van der Waals surface area contributed by atoms with Crippen molar-refractivity contribution in [3.63, 3.8) is 0 Å². The lowest BCUT2D eigenvalue weighted by atomic mass is 10.1. The number of thioether (sulfide) groups is 1. The van der Waals surface area contributed by atoms with E-state index in [1.165, 1.54) is 17.8 Å². The summed E-state index contributed by atoms with van der Waals surface area (Å²) < 4.78 is 13.7. The zero-order valence-corrected chi connectivity index (χ0v) is 16.4. The second kappa shape index (κ2) is 8.05. The van der Waals surface area contributed by atoms with Crippen molar-refractivity contribution in [2.24, 2.45) is 4.99 Å². The fraction of sp³-hybridized carbons (Fsp3) is 0.136. The van der Waals surface area contributed by atoms with Gasteiger partial charge in [-0.15, -0.1) is 0 Å². The lowest BCUT2D eigenvalue weighted by Gasteiger charge is -2.10. The first kappa shape index (κ1) is 19.1. The van der Waals surface area contributed by atoms with Crippen LogP contribution in [0.3, 0.4) is 0 Å². The van der Waals surface area contributed by atoms with E-state index >= 15 is 0 Å². The summed E-state index contributed by atoms with van der Waals surface area (Å²) in [6, 6.07) is 18.1. The number of nitrogens with zero attached hydrogens (tertiary/aromatic N) is 1. The van der Waals surface area contributed by atoms with Crippen molar-refractivity contribution < 1.29 is 14.0 Å². The molecule has 3 aromatic rings. The van der Waals surface area contributed by atoms with E-state index in [-0.39, 0.29) is 24.1 Å². The number of aryl methyl sites for hydroxylation is 1. The van der Waals surface area contributed by atoms with Crippen LogP contribution in [0.4, 0.5) is 15.8 Å². The van der Waals surface area contributed by atoms with Crippen molar-refractivity contribution in [2.75, 3.05) is 5.32 Å². The molecule has 0 saturated carbocycles. The average molecular weight is 407 g/mol. The molecule has 0 aromatic heterocycles. The van der Waals surface area contributed by atoms with Gasteiger partial charge >= 0.3 is 0 Å². The minimum atomic E-state index is -0.584. The van der Waals surface area contributed by atoms with E-state index in [0.717, 1.165) is 10.8 Å². The molecule has 29 heavy (non-hydrogen) atoms. The van der Waals surface area contributed by atoms with Crippen LogP contribution in [0.5, 0.6) is 0 Å². The number of carbonyl (C=O) groups is 2. The van der Waals surface area contributed by atoms with E-state index in [9.17, 15) is 14.0 Å². The first-order chi connectivity index (χ1) is 14.0. The topological polar surface area (TPSA) is 70.6 Å². The molecule has 1 aliphatic heterocycles. The standard InChI is InChI=1S/C22H18FN3O2S/c1-13-9-10-15(11-17(13)23)24-22-26-21(28)19(29-22)12-20(27)25-18-8-4-6-14-5-2-3-7-16(14)18/h2-11,19H,12H2,1H3,(H,25,27)(H,24,26,28)/t19-/m1/s1. The number of aliphatic imine (C=N–C) groups is 1. The third-order valence-electron chi connectivity index (χ3n) is 4.60. The molecule has 2 N–H and O–H groups in total. The van der Waals surface area contributed by atoms with Gasteiger partial charge in [0.15, 0.2) is 5.17 Å². The van der Waals surface area contributed by atoms with Crippen molar-refractivity contribution >= 4 is 50.9 Å². The zero-order valence-electron chi connectivity index (χ0n) is 15.6. The van der Waals surface area contributed by atoms with Gasteiger partial charge in [0.25, 0.3) is 0 Å². The van der Waals surface area contributed by atoms with Gasteiger partial charge in [-0.2, -0.15) is 0 Å². The van der Waals surface area contributed by atoms with Crippen LogP contribution in [0.2, 0.25) is 0 Å². The molecule has 4 rings (SSSR count). The number of amides is 2. The van der Waals surface area contributed by atoms with E-state index < -0.39 is 5.25 Å². The summed E-state index contributed by atoms with van der Waals surface area (Å²) in [5.41, 5.74) is 1.65. The van der Waals surface area contributed by atoms with Crippen LogP contribution in [-0.4, -0.2) is 22.2 Å². The van der Waals surface area contributed by atoms with Crippen LogP contribution < -0.4 is 10.6 Å². The largest absolute Gasteiger partial charge is 0.325 e. The Kier molecular flexibility index (Phi) is 5.31. The van der Waals surface area contributed by atoms with E-state index in [0.29, 0.717) is 22.1 Å². The fourth-order valence-electron chi connectivity index (χ4n) is 3.06. The maximum atomic E-state index is 13.7. The molecule has 0 aliphatic carbocycles. The molecule has 5 nitrogen and oxygen atoms in total. The van der Waals surface area contributed by atoms with Gasteiger partial charge in [0.05, 0.1) is 5.69 Å². The van der Waals surface area contributed by atoms with Gasteiger partial charge in [0.1, 0.15) is 11.1 Å². The Bertz CT molecular complexity index is 1140. The number of benzene rings is 3. The zero-order chi connectivity index (χ0) is 20.4. The molecule has 1 fully saturated rings. The van der Waals surface area contributed by atoms with Gasteiger partial charge in [0, 0.05) is 17.5 Å². The van der Waals surface area contributed by atoms with E-state index in [1.54, 1.807) is 19.1 Å². The van der Waals surface area contributed by atoms with Crippen LogP contribution in [0.1, 0.15) is 12.0 Å². The summed E-state index contributed by atoms with van der Waals surface area (Å²) in [5, 5.41) is 7.29. The molecule has 0 bridgehead atoms. The summed E-state index contributed by atoms with van der Waals surface area (Å²) in [6.45, 7) is 1.67. The summed E-state index contributed by atoms with van der Waals surface area (Å²) >= 11 is 1.17. The molecular weight excluding hydrogens is 389 g/mol. The smallest absolute Gasteiger partial charge is 0.240 e. The molecule has 1 saturated heterocycles. The Hall–Kier alpha value is -3.19. The van der Waals surface area contributed by atoms with Crippen LogP contribution in [-0.2, 0) is 9.59 Å². The Morgan fingerprint density at radius 2 is 1.97 bits per heavy atom. The van der Waals surface area contributed by atoms with Gasteiger partial charge in [-0.25, -0.2) is 9.38 Å². The predicted octanol–water partition coefficient (Wildman–Crippen LogP) is 4.54. The van der Waals surface area contributed by atoms with Crippen molar-refractivity contribution in [2.45, 2.75) is 18.6 Å². The normalized spacial score (nSPS) is 17.5. The highest BCUT2D eigenvalue weighted by Crippen LogP contribution is 2.27. The molecule has 1 heterocycles. The van der Waals surface area contributed by atoms with Crippen LogP contribution >= 0.6 is 11.8 Å². The van der Waals surface area contributed by atoms with E-state index in [2.05, 4.69) is 15.6 Å². The highest BCUT2D eigenvalue weighted by atomic mass is 32.2. The number of carbonyl (C=O) groups excluding carboxylic acids is 2. The molecule has 3 aromatic carbocycles. The van der Waals surface area contributed by atoms with Gasteiger partial charge in [-0.3, -0.25) is 9.59 Å². The molecule has 1 atom stereocenters. The summed E-state index contributed by atoms with van der Waals surface area (Å²) in [5.74, 6) is -0.891. The molecule has 0 spiro atoms. The highest BCUT2D eigenvalue weighted by Gasteiger charge is 2.32. The van der Waals surface area contributed by atoms with Crippen molar-refractivity contribution in [1.29, 1.82) is 0 Å². The maximum absolute atomic E-state index is 13.7. The average Bonchev–Trinajstić information content (AvgIpc) is 3.03. The first-order valence-electron chi connectivity index (χ1n) is 9.09. The molecule has 2 amide bonds. The second-order valence-electron chi connectivity index (χ2n) is 6.73. The Balaban J connectivity index is 1.44. The summed E-state index contributed by atoms with van der Waals surface area (Å²) in [7, 11) is 0. The molecule has 0 unspecified atom stereocenters. The number of hydrogen-bond acceptors (Lipinski definition) is 4. The first-order valence-corrected chi connectivity index (χ1v) is 9.97. The van der Waals surface area contributed by atoms with E-state index in [1.807, 2.05) is 42.5 Å². The number of halogens is 1. The lowest BCUT2D eigenvalue weighted by Crippen LogP contribution is -2.28. The molecular formula is C22H18FN3O2S. The lowest BCUT2D eigenvalue weighted by molar-refractivity contribution is -0.122. The second-order valence-corrected chi connectivity index (χ2v) is 7.92. The highest BCUT2D eigenvalue weighted by molar-refractivity contribution is 8.15. The Labute approximate surface area is 171 Å². The van der Waals surface area contributed by atoms with Crippen LogP contribution in [0.15, 0.2) is 65.7 Å². The van der Waals surface area contributed by atoms with Crippen molar-refractivity contribution in [3.8, 4) is 0 Å². The molecule has 146 valence electrons. The maximum Gasteiger partial charge on any atom is 0.240 e. The molecule has 1 aliphatic rings. The number of amidine groups is 1. The minimum Gasteiger partial charge on any atom is -0.325 e. The number of rotatable bonds is 4. The van der Waals surface area contributed by atoms with Gasteiger partial charge in [0.2, 0.25) is 11.8 Å². The number of fused-ring (bicyclic) bond motifs is 1. The van der Waals surface area contributed by atoms with Crippen LogP contribution in [0, 0.1) is 12.7 Å². The van der Waals surface area contributed by atoms with Gasteiger partial charge in [-0.1, -0.05) is 54.2 Å². The third-order valence-corrected chi connectivity index (χ3v) is 5.68. The van der Waals surface area contributed by atoms with Gasteiger partial charge < -0.3 is 10.6 Å². The predicted molar refractivity (Wildman–Crippen MR) is 115 cm³/mol. The van der Waals surface area contributed by atoms with E-state index in [4.69, 9.17) is 0 Å². The third kappa shape index (κ3) is 4.30. The fourth-order valence-corrected chi connectivity index (χ4v) is 4.05. The summed E-state index contributed by atoms with van der Waals surface area (Å²) in [6.07, 6.45) is 0.0149. The Morgan fingerprint density at radius 1 is 1.17 bits per heavy atom. The van der Waals surface area contributed by atoms with Crippen molar-refractivity contribution in [1.82, 2.24) is 5.32 Å². The Morgan fingerprint density at radius 3 is 2.79 bits per heavy atom. The number of nitrogens with one attached hydrogen (secondary N) is 2. The van der Waals surface area contributed by atoms with Crippen molar-refractivity contribution in [3.05, 3.63) is 72.0 Å². The summed E-state index contributed by atoms with van der Waals surface area (Å²) in [4.78, 5) is 29.0. The molecule has 0 radical (unpaired) electrons. The number of anilines is 1. The van der Waals surface area contributed by atoms with Gasteiger partial charge in [-0.05, 0) is 36.1 Å². The quantitative estimate of drug-likeness (QED) is 0.667.